The molecule has 2 nitrogen and oxygen atoms in total. The lowest BCUT2D eigenvalue weighted by Gasteiger charge is -2.12. The minimum Gasteiger partial charge on any atom is -0.550 e. The van der Waals surface area contributed by atoms with Crippen molar-refractivity contribution in [3.63, 3.8) is 0 Å². The Morgan fingerprint density at radius 1 is 1.39 bits per heavy atom. The van der Waals surface area contributed by atoms with Crippen LogP contribution in [-0.4, -0.2) is 5.97 Å². The number of carbonyl (C=O) groups is 1. The number of aryl methyl sites for hydroxylation is 1. The minimum atomic E-state index is -0.972. The van der Waals surface area contributed by atoms with Crippen molar-refractivity contribution in [2.75, 3.05) is 0 Å². The van der Waals surface area contributed by atoms with Crippen molar-refractivity contribution in [3.05, 3.63) is 41.0 Å². The maximum atomic E-state index is 10.8. The second-order valence-corrected chi connectivity index (χ2v) is 5.07. The SMILES string of the molecule is CCCCC1=CC(CC(=O)[O-])c2cc(C)ccc21. The number of aliphatic carboxylic acids is 1. The van der Waals surface area contributed by atoms with Gasteiger partial charge in [-0.3, -0.25) is 0 Å². The van der Waals surface area contributed by atoms with Gasteiger partial charge < -0.3 is 9.90 Å². The van der Waals surface area contributed by atoms with Crippen molar-refractivity contribution in [3.8, 4) is 0 Å². The highest BCUT2D eigenvalue weighted by atomic mass is 16.4. The highest BCUT2D eigenvalue weighted by molar-refractivity contribution is 5.78. The first-order valence-corrected chi connectivity index (χ1v) is 6.63. The zero-order valence-electron chi connectivity index (χ0n) is 11.0. The zero-order chi connectivity index (χ0) is 13.1. The standard InChI is InChI=1S/C16H20O2/c1-3-4-5-12-9-13(10-16(17)18)15-8-11(2)6-7-14(12)15/h6-9,13H,3-5,10H2,1-2H3,(H,17,18)/p-1. The third kappa shape index (κ3) is 2.63. The van der Waals surface area contributed by atoms with Crippen LogP contribution in [0.5, 0.6) is 0 Å². The predicted molar refractivity (Wildman–Crippen MR) is 71.0 cm³/mol. The molecule has 1 unspecified atom stereocenters. The van der Waals surface area contributed by atoms with Gasteiger partial charge in [0.05, 0.1) is 0 Å². The van der Waals surface area contributed by atoms with Crippen LogP contribution in [0.2, 0.25) is 0 Å². The van der Waals surface area contributed by atoms with Crippen molar-refractivity contribution in [1.82, 2.24) is 0 Å². The van der Waals surface area contributed by atoms with E-state index in [9.17, 15) is 9.90 Å². The van der Waals surface area contributed by atoms with E-state index in [-0.39, 0.29) is 12.3 Å². The molecule has 1 aromatic rings. The summed E-state index contributed by atoms with van der Waals surface area (Å²) in [4.78, 5) is 10.8. The van der Waals surface area contributed by atoms with Crippen molar-refractivity contribution >= 4 is 11.5 Å². The van der Waals surface area contributed by atoms with Crippen LogP contribution in [0.3, 0.4) is 0 Å². The van der Waals surface area contributed by atoms with Gasteiger partial charge in [0.25, 0.3) is 0 Å². The van der Waals surface area contributed by atoms with E-state index in [1.807, 2.05) is 6.92 Å². The van der Waals surface area contributed by atoms with Gasteiger partial charge in [-0.2, -0.15) is 0 Å². The normalized spacial score (nSPS) is 17.4. The Labute approximate surface area is 108 Å². The largest absolute Gasteiger partial charge is 0.550 e. The van der Waals surface area contributed by atoms with Gasteiger partial charge in [0.1, 0.15) is 0 Å². The molecule has 0 aromatic heterocycles. The maximum absolute atomic E-state index is 10.8. The molecule has 0 spiro atoms. The molecule has 1 atom stereocenters. The van der Waals surface area contributed by atoms with Crippen LogP contribution >= 0.6 is 0 Å². The molecule has 0 N–H and O–H groups in total. The molecule has 0 bridgehead atoms. The van der Waals surface area contributed by atoms with E-state index >= 15 is 0 Å². The Kier molecular flexibility index (Phi) is 3.85. The summed E-state index contributed by atoms with van der Waals surface area (Å²) in [5.74, 6) is -0.975. The Morgan fingerprint density at radius 2 is 2.17 bits per heavy atom. The lowest BCUT2D eigenvalue weighted by atomic mass is 9.95. The number of allylic oxidation sites excluding steroid dienone is 2. The van der Waals surface area contributed by atoms with E-state index in [0.29, 0.717) is 0 Å². The lowest BCUT2D eigenvalue weighted by molar-refractivity contribution is -0.305. The average Bonchev–Trinajstić information content (AvgIpc) is 2.64. The smallest absolute Gasteiger partial charge is 0.0423 e. The molecule has 96 valence electrons. The summed E-state index contributed by atoms with van der Waals surface area (Å²) in [6.07, 6.45) is 5.55. The Hall–Kier alpha value is -1.57. The number of hydrogen-bond acceptors (Lipinski definition) is 2. The van der Waals surface area contributed by atoms with Crippen LogP contribution in [0, 0.1) is 6.92 Å². The molecule has 2 rings (SSSR count). The first-order valence-electron chi connectivity index (χ1n) is 6.63. The number of carboxylic acids is 1. The molecule has 0 radical (unpaired) electrons. The summed E-state index contributed by atoms with van der Waals surface area (Å²) >= 11 is 0. The quantitative estimate of drug-likeness (QED) is 0.797. The van der Waals surface area contributed by atoms with Crippen molar-refractivity contribution < 1.29 is 9.90 Å². The lowest BCUT2D eigenvalue weighted by Crippen LogP contribution is -2.23. The molecule has 0 fully saturated rings. The molecular weight excluding hydrogens is 224 g/mol. The fourth-order valence-electron chi connectivity index (χ4n) is 2.64. The molecule has 0 saturated heterocycles. The molecule has 0 heterocycles. The van der Waals surface area contributed by atoms with Crippen LogP contribution in [0.4, 0.5) is 0 Å². The van der Waals surface area contributed by atoms with Gasteiger partial charge in [-0.15, -0.1) is 0 Å². The highest BCUT2D eigenvalue weighted by Crippen LogP contribution is 2.40. The van der Waals surface area contributed by atoms with Gasteiger partial charge in [-0.1, -0.05) is 43.2 Å². The number of unbranched alkanes of at least 4 members (excludes halogenated alkanes) is 1. The number of carbonyl (C=O) groups excluding carboxylic acids is 1. The van der Waals surface area contributed by atoms with E-state index in [1.165, 1.54) is 16.7 Å². The number of benzene rings is 1. The Balaban J connectivity index is 2.31. The van der Waals surface area contributed by atoms with Gasteiger partial charge >= 0.3 is 0 Å². The average molecular weight is 243 g/mol. The fraction of sp³-hybridized carbons (Fsp3) is 0.438. The van der Waals surface area contributed by atoms with E-state index in [4.69, 9.17) is 0 Å². The van der Waals surface area contributed by atoms with Gasteiger partial charge in [-0.25, -0.2) is 0 Å². The molecule has 0 saturated carbocycles. The summed E-state index contributed by atoms with van der Waals surface area (Å²) in [5, 5.41) is 10.8. The summed E-state index contributed by atoms with van der Waals surface area (Å²) in [6, 6.07) is 6.33. The number of hydrogen-bond donors (Lipinski definition) is 0. The van der Waals surface area contributed by atoms with Crippen LogP contribution in [0.25, 0.3) is 5.57 Å². The van der Waals surface area contributed by atoms with Crippen LogP contribution < -0.4 is 5.11 Å². The highest BCUT2D eigenvalue weighted by Gasteiger charge is 2.22. The summed E-state index contributed by atoms with van der Waals surface area (Å²) < 4.78 is 0. The van der Waals surface area contributed by atoms with Crippen LogP contribution in [0.1, 0.15) is 55.2 Å². The van der Waals surface area contributed by atoms with Crippen molar-refractivity contribution in [2.45, 2.75) is 45.4 Å². The Morgan fingerprint density at radius 3 is 2.83 bits per heavy atom. The molecular formula is C16H19O2-. The molecule has 1 aromatic carbocycles. The maximum Gasteiger partial charge on any atom is 0.0423 e. The molecule has 1 aliphatic rings. The summed E-state index contributed by atoms with van der Waals surface area (Å²) in [5.41, 5.74) is 4.88. The summed E-state index contributed by atoms with van der Waals surface area (Å²) in [7, 11) is 0. The Bertz CT molecular complexity index is 486. The fourth-order valence-corrected chi connectivity index (χ4v) is 2.64. The number of fused-ring (bicyclic) bond motifs is 1. The second kappa shape index (κ2) is 5.38. The molecule has 2 heteroatoms. The van der Waals surface area contributed by atoms with Crippen LogP contribution in [-0.2, 0) is 4.79 Å². The minimum absolute atomic E-state index is 0.00300. The van der Waals surface area contributed by atoms with Gasteiger partial charge in [0.15, 0.2) is 0 Å². The molecule has 0 aliphatic heterocycles. The number of rotatable bonds is 5. The molecule has 0 amide bonds. The van der Waals surface area contributed by atoms with Gasteiger partial charge in [0, 0.05) is 11.9 Å². The first kappa shape index (κ1) is 12.9. The van der Waals surface area contributed by atoms with Crippen molar-refractivity contribution in [1.29, 1.82) is 0 Å². The van der Waals surface area contributed by atoms with Crippen LogP contribution in [0.15, 0.2) is 24.3 Å². The summed E-state index contributed by atoms with van der Waals surface area (Å²) in [6.45, 7) is 4.21. The van der Waals surface area contributed by atoms with Gasteiger partial charge in [-0.05, 0) is 42.9 Å². The van der Waals surface area contributed by atoms with E-state index in [0.717, 1.165) is 24.8 Å². The van der Waals surface area contributed by atoms with E-state index < -0.39 is 5.97 Å². The monoisotopic (exact) mass is 243 g/mol. The molecule has 1 aliphatic carbocycles. The van der Waals surface area contributed by atoms with Crippen molar-refractivity contribution in [2.24, 2.45) is 0 Å². The van der Waals surface area contributed by atoms with Gasteiger partial charge in [0.2, 0.25) is 0 Å². The number of carboxylic acid groups (broad SMARTS) is 1. The van der Waals surface area contributed by atoms with E-state index in [1.54, 1.807) is 0 Å². The predicted octanol–water partition coefficient (Wildman–Crippen LogP) is 2.81. The molecule has 18 heavy (non-hydrogen) atoms. The van der Waals surface area contributed by atoms with E-state index in [2.05, 4.69) is 31.2 Å². The topological polar surface area (TPSA) is 40.1 Å². The third-order valence-electron chi connectivity index (χ3n) is 3.54. The third-order valence-corrected chi connectivity index (χ3v) is 3.54. The second-order valence-electron chi connectivity index (χ2n) is 5.07. The first-order chi connectivity index (χ1) is 8.61. The zero-order valence-corrected chi connectivity index (χ0v) is 11.0.